The zero-order chi connectivity index (χ0) is 18.0. The summed E-state index contributed by atoms with van der Waals surface area (Å²) in [5, 5.41) is 4.47. The molecular weight excluding hydrogens is 417 g/mol. The van der Waals surface area contributed by atoms with Gasteiger partial charge >= 0.3 is 6.18 Å². The van der Waals surface area contributed by atoms with Gasteiger partial charge in [-0.2, -0.15) is 13.2 Å². The summed E-state index contributed by atoms with van der Waals surface area (Å²) >= 11 is 4.92. The number of benzene rings is 1. The van der Waals surface area contributed by atoms with Crippen LogP contribution in [0.5, 0.6) is 0 Å². The van der Waals surface area contributed by atoms with Crippen molar-refractivity contribution in [3.63, 3.8) is 0 Å². The summed E-state index contributed by atoms with van der Waals surface area (Å²) in [7, 11) is 0. The maximum Gasteiger partial charge on any atom is 0.433 e. The van der Waals surface area contributed by atoms with Crippen LogP contribution >= 0.6 is 27.3 Å². The largest absolute Gasteiger partial charge is 0.433 e. The van der Waals surface area contributed by atoms with Gasteiger partial charge in [-0.15, -0.1) is 11.3 Å². The van der Waals surface area contributed by atoms with Gasteiger partial charge in [-0.1, -0.05) is 22.0 Å². The van der Waals surface area contributed by atoms with Gasteiger partial charge in [0, 0.05) is 18.1 Å². The topological polar surface area (TPSA) is 50.7 Å². The second-order valence-corrected chi connectivity index (χ2v) is 6.90. The minimum atomic E-state index is -4.51. The van der Waals surface area contributed by atoms with E-state index < -0.39 is 11.9 Å². The fraction of sp³-hybridized carbons (Fsp3) is 0.188. The third kappa shape index (κ3) is 4.35. The maximum atomic E-state index is 12.8. The third-order valence-corrected chi connectivity index (χ3v) is 5.18. The van der Waals surface area contributed by atoms with Crippen LogP contribution < -0.4 is 5.32 Å². The molecule has 3 aromatic rings. The summed E-state index contributed by atoms with van der Waals surface area (Å²) in [6.07, 6.45) is -1.65. The van der Waals surface area contributed by atoms with E-state index in [9.17, 15) is 13.2 Å². The molecule has 0 saturated carbocycles. The zero-order valence-corrected chi connectivity index (χ0v) is 15.3. The Kier molecular flexibility index (Phi) is 5.05. The van der Waals surface area contributed by atoms with E-state index in [4.69, 9.17) is 0 Å². The van der Waals surface area contributed by atoms with Crippen LogP contribution in [0.1, 0.15) is 16.3 Å². The molecule has 1 aromatic carbocycles. The summed E-state index contributed by atoms with van der Waals surface area (Å²) in [4.78, 5) is 12.7. The molecule has 2 heterocycles. The smallest absolute Gasteiger partial charge is 0.324 e. The summed E-state index contributed by atoms with van der Waals surface area (Å²) in [5.74, 6) is -0.100. The van der Waals surface area contributed by atoms with Crippen LogP contribution in [0.25, 0.3) is 10.4 Å². The quantitative estimate of drug-likeness (QED) is 0.552. The van der Waals surface area contributed by atoms with Crippen LogP contribution in [0.4, 0.5) is 24.8 Å². The van der Waals surface area contributed by atoms with Crippen molar-refractivity contribution in [1.82, 2.24) is 15.0 Å². The lowest BCUT2D eigenvalue weighted by molar-refractivity contribution is -0.141. The number of aromatic nitrogens is 3. The normalized spacial score (nSPS) is 11.6. The second kappa shape index (κ2) is 7.09. The first-order valence-corrected chi connectivity index (χ1v) is 9.09. The van der Waals surface area contributed by atoms with Crippen LogP contribution in [0.2, 0.25) is 0 Å². The van der Waals surface area contributed by atoms with E-state index in [-0.39, 0.29) is 5.95 Å². The fourth-order valence-corrected chi connectivity index (χ4v) is 3.45. The van der Waals surface area contributed by atoms with Gasteiger partial charge in [0.2, 0.25) is 5.95 Å². The number of rotatable bonds is 4. The molecule has 2 aromatic heterocycles. The Morgan fingerprint density at radius 3 is 2.68 bits per heavy atom. The lowest BCUT2D eigenvalue weighted by Gasteiger charge is -2.10. The van der Waals surface area contributed by atoms with Crippen molar-refractivity contribution in [1.29, 1.82) is 0 Å². The highest BCUT2D eigenvalue weighted by atomic mass is 79.9. The van der Waals surface area contributed by atoms with E-state index in [0.717, 1.165) is 33.3 Å². The number of thiazole rings is 1. The molecule has 0 fully saturated rings. The highest BCUT2D eigenvalue weighted by molar-refractivity contribution is 9.08. The van der Waals surface area contributed by atoms with Crippen LogP contribution in [0.15, 0.2) is 36.7 Å². The number of nitrogens with zero attached hydrogens (tertiary/aromatic N) is 3. The minimum Gasteiger partial charge on any atom is -0.324 e. The molecule has 0 aliphatic carbocycles. The number of hydrogen-bond donors (Lipinski definition) is 1. The van der Waals surface area contributed by atoms with Crippen LogP contribution in [0.3, 0.4) is 0 Å². The van der Waals surface area contributed by atoms with Crippen molar-refractivity contribution in [2.24, 2.45) is 0 Å². The number of aryl methyl sites for hydroxylation is 1. The first-order chi connectivity index (χ1) is 11.8. The average Bonchev–Trinajstić information content (AvgIpc) is 3.03. The Bertz CT molecular complexity index is 895. The first kappa shape index (κ1) is 17.8. The monoisotopic (exact) mass is 428 g/mol. The van der Waals surface area contributed by atoms with Gasteiger partial charge in [0.15, 0.2) is 0 Å². The number of hydrogen-bond acceptors (Lipinski definition) is 5. The van der Waals surface area contributed by atoms with Crippen LogP contribution in [-0.2, 0) is 11.5 Å². The van der Waals surface area contributed by atoms with Crippen LogP contribution in [-0.4, -0.2) is 15.0 Å². The molecule has 0 aliphatic rings. The standard InChI is InChI=1S/C16H12BrF3N4S/c1-9-4-10(12-8-22-14(7-17)25-12)6-11(5-9)23-15-21-3-2-13(24-15)16(18,19)20/h2-6,8H,7H2,1H3,(H,21,23,24). The maximum absolute atomic E-state index is 12.8. The van der Waals surface area contributed by atoms with Gasteiger partial charge in [-0.25, -0.2) is 15.0 Å². The Morgan fingerprint density at radius 2 is 2.00 bits per heavy atom. The molecule has 3 rings (SSSR count). The predicted octanol–water partition coefficient (Wildman–Crippen LogP) is 5.57. The fourth-order valence-electron chi connectivity index (χ4n) is 2.21. The van der Waals surface area contributed by atoms with Gasteiger partial charge < -0.3 is 5.32 Å². The van der Waals surface area contributed by atoms with E-state index in [1.807, 2.05) is 25.1 Å². The molecule has 25 heavy (non-hydrogen) atoms. The molecule has 4 nitrogen and oxygen atoms in total. The van der Waals surface area contributed by atoms with Crippen LogP contribution in [0, 0.1) is 6.92 Å². The number of halogens is 4. The predicted molar refractivity (Wildman–Crippen MR) is 95.2 cm³/mol. The highest BCUT2D eigenvalue weighted by Crippen LogP contribution is 2.31. The van der Waals surface area contributed by atoms with Gasteiger partial charge in [-0.05, 0) is 36.2 Å². The van der Waals surface area contributed by atoms with E-state index in [2.05, 4.69) is 36.2 Å². The second-order valence-electron chi connectivity index (χ2n) is 5.23. The molecule has 0 saturated heterocycles. The summed E-state index contributed by atoms with van der Waals surface area (Å²) < 4.78 is 38.3. The molecule has 130 valence electrons. The molecule has 1 N–H and O–H groups in total. The number of anilines is 2. The van der Waals surface area contributed by atoms with E-state index >= 15 is 0 Å². The first-order valence-electron chi connectivity index (χ1n) is 7.15. The van der Waals surface area contributed by atoms with E-state index in [0.29, 0.717) is 11.0 Å². The van der Waals surface area contributed by atoms with Crippen molar-refractivity contribution in [2.75, 3.05) is 5.32 Å². The van der Waals surface area contributed by atoms with Gasteiger partial charge in [0.1, 0.15) is 10.7 Å². The Hall–Kier alpha value is -2.00. The van der Waals surface area contributed by atoms with Crippen molar-refractivity contribution in [2.45, 2.75) is 18.4 Å². The molecule has 0 aliphatic heterocycles. The molecule has 0 bridgehead atoms. The molecule has 0 unspecified atom stereocenters. The molecule has 0 radical (unpaired) electrons. The summed E-state index contributed by atoms with van der Waals surface area (Å²) in [5.41, 5.74) is 1.52. The third-order valence-electron chi connectivity index (χ3n) is 3.23. The highest BCUT2D eigenvalue weighted by Gasteiger charge is 2.32. The van der Waals surface area contributed by atoms with Crippen molar-refractivity contribution in [3.05, 3.63) is 52.9 Å². The summed E-state index contributed by atoms with van der Waals surface area (Å²) in [6.45, 7) is 1.91. The lowest BCUT2D eigenvalue weighted by Crippen LogP contribution is -2.10. The van der Waals surface area contributed by atoms with E-state index in [1.165, 1.54) is 0 Å². The molecule has 0 atom stereocenters. The Balaban J connectivity index is 1.91. The van der Waals surface area contributed by atoms with Gasteiger partial charge in [0.05, 0.1) is 10.2 Å². The van der Waals surface area contributed by atoms with Gasteiger partial charge in [-0.3, -0.25) is 0 Å². The summed E-state index contributed by atoms with van der Waals surface area (Å²) in [6, 6.07) is 6.48. The number of alkyl halides is 4. The zero-order valence-electron chi connectivity index (χ0n) is 12.9. The molecule has 0 spiro atoms. The van der Waals surface area contributed by atoms with Gasteiger partial charge in [0.25, 0.3) is 0 Å². The Morgan fingerprint density at radius 1 is 1.20 bits per heavy atom. The van der Waals surface area contributed by atoms with Crippen molar-refractivity contribution < 1.29 is 13.2 Å². The molecule has 0 amide bonds. The average molecular weight is 429 g/mol. The van der Waals surface area contributed by atoms with Crippen molar-refractivity contribution in [3.8, 4) is 10.4 Å². The Labute approximate surface area is 154 Å². The SMILES string of the molecule is Cc1cc(Nc2nccc(C(F)(F)F)n2)cc(-c2cnc(CBr)s2)c1. The van der Waals surface area contributed by atoms with E-state index in [1.54, 1.807) is 17.5 Å². The lowest BCUT2D eigenvalue weighted by atomic mass is 10.1. The number of nitrogens with one attached hydrogen (secondary N) is 1. The molecule has 9 heteroatoms. The van der Waals surface area contributed by atoms with Crippen molar-refractivity contribution >= 4 is 38.9 Å². The minimum absolute atomic E-state index is 0.100. The molecular formula is C16H12BrF3N4S.